The Kier molecular flexibility index (Phi) is 6.51. The van der Waals surface area contributed by atoms with Crippen molar-refractivity contribution in [1.29, 1.82) is 0 Å². The van der Waals surface area contributed by atoms with Gasteiger partial charge in [-0.3, -0.25) is 15.0 Å². The number of hydrogen-bond acceptors (Lipinski definition) is 5. The van der Waals surface area contributed by atoms with Gasteiger partial charge < -0.3 is 14.6 Å². The second kappa shape index (κ2) is 9.68. The molecule has 1 aliphatic heterocycles. The number of carbonyl (C=O) groups excluding carboxylic acids is 2. The Bertz CT molecular complexity index is 1310. The predicted molar refractivity (Wildman–Crippen MR) is 126 cm³/mol. The Morgan fingerprint density at radius 3 is 2.56 bits per heavy atom. The van der Waals surface area contributed by atoms with Crippen LogP contribution in [-0.2, 0) is 16.2 Å². The van der Waals surface area contributed by atoms with Gasteiger partial charge in [0.25, 0.3) is 11.8 Å². The van der Waals surface area contributed by atoms with E-state index in [1.807, 2.05) is 6.07 Å². The number of carboxylic acid groups (broad SMARTS) is 1. The van der Waals surface area contributed by atoms with Crippen LogP contribution in [0.1, 0.15) is 21.5 Å². The molecular formula is C25H19ClN2O6. The molecule has 2 N–H and O–H groups in total. The summed E-state index contributed by atoms with van der Waals surface area (Å²) < 4.78 is 11.2. The number of carbonyl (C=O) groups is 3. The van der Waals surface area contributed by atoms with Gasteiger partial charge in [0.05, 0.1) is 23.4 Å². The molecule has 0 spiro atoms. The minimum absolute atomic E-state index is 0.0545. The van der Waals surface area contributed by atoms with Crippen LogP contribution in [-0.4, -0.2) is 30.0 Å². The summed E-state index contributed by atoms with van der Waals surface area (Å²) in [6.45, 7) is 0.0601. The Morgan fingerprint density at radius 1 is 1.09 bits per heavy atom. The van der Waals surface area contributed by atoms with Crippen LogP contribution < -0.4 is 19.9 Å². The first kappa shape index (κ1) is 22.9. The van der Waals surface area contributed by atoms with E-state index in [0.717, 1.165) is 0 Å². The maximum Gasteiger partial charge on any atom is 0.335 e. The monoisotopic (exact) mass is 478 g/mol. The molecule has 8 nitrogen and oxygen atoms in total. The molecule has 34 heavy (non-hydrogen) atoms. The smallest absolute Gasteiger partial charge is 0.335 e. The minimum Gasteiger partial charge on any atom is -0.493 e. The van der Waals surface area contributed by atoms with Crippen molar-refractivity contribution in [3.63, 3.8) is 0 Å². The summed E-state index contributed by atoms with van der Waals surface area (Å²) in [6, 6.07) is 18.2. The number of anilines is 1. The Balaban J connectivity index is 1.58. The fourth-order valence-corrected chi connectivity index (χ4v) is 3.67. The average Bonchev–Trinajstić information content (AvgIpc) is 3.12. The van der Waals surface area contributed by atoms with Crippen molar-refractivity contribution in [2.45, 2.75) is 6.61 Å². The number of benzene rings is 3. The standard InChI is InChI=1S/C25H19ClN2O6/c1-33-21-13-16(11-19-23(29)27-28(24(19)30)18-8-3-2-4-9-18)12-20(26)22(21)34-14-15-6-5-7-17(10-15)25(31)32/h2-13H,14H2,1H3,(H,27,29)(H,31,32)/b19-11-. The van der Waals surface area contributed by atoms with Crippen LogP contribution in [0.5, 0.6) is 11.5 Å². The molecule has 1 heterocycles. The van der Waals surface area contributed by atoms with Gasteiger partial charge in [0.2, 0.25) is 0 Å². The molecule has 0 atom stereocenters. The molecule has 0 unspecified atom stereocenters. The van der Waals surface area contributed by atoms with E-state index in [1.165, 1.54) is 30.3 Å². The topological polar surface area (TPSA) is 105 Å². The number of amides is 2. The quantitative estimate of drug-likeness (QED) is 0.391. The van der Waals surface area contributed by atoms with Crippen molar-refractivity contribution in [2.75, 3.05) is 12.1 Å². The highest BCUT2D eigenvalue weighted by molar-refractivity contribution is 6.33. The van der Waals surface area contributed by atoms with Crippen molar-refractivity contribution >= 4 is 41.1 Å². The normalized spacial score (nSPS) is 14.3. The highest BCUT2D eigenvalue weighted by Gasteiger charge is 2.34. The lowest BCUT2D eigenvalue weighted by molar-refractivity contribution is -0.117. The second-order valence-corrected chi connectivity index (χ2v) is 7.71. The predicted octanol–water partition coefficient (Wildman–Crippen LogP) is 4.09. The van der Waals surface area contributed by atoms with Gasteiger partial charge >= 0.3 is 5.97 Å². The molecule has 0 radical (unpaired) electrons. The molecule has 3 aromatic rings. The van der Waals surface area contributed by atoms with E-state index < -0.39 is 17.8 Å². The fourth-order valence-electron chi connectivity index (χ4n) is 3.40. The van der Waals surface area contributed by atoms with Crippen LogP contribution in [0.4, 0.5) is 5.69 Å². The summed E-state index contributed by atoms with van der Waals surface area (Å²) >= 11 is 6.42. The Labute approximate surface area is 199 Å². The summed E-state index contributed by atoms with van der Waals surface area (Å²) in [5.41, 5.74) is 4.27. The second-order valence-electron chi connectivity index (χ2n) is 7.30. The van der Waals surface area contributed by atoms with Crippen molar-refractivity contribution in [1.82, 2.24) is 5.43 Å². The molecule has 1 fully saturated rings. The maximum atomic E-state index is 12.8. The zero-order valence-electron chi connectivity index (χ0n) is 17.9. The third kappa shape index (κ3) is 4.72. The van der Waals surface area contributed by atoms with Crippen LogP contribution in [0.3, 0.4) is 0 Å². The Morgan fingerprint density at radius 2 is 1.85 bits per heavy atom. The third-order valence-electron chi connectivity index (χ3n) is 5.03. The number of hydrazine groups is 1. The zero-order valence-corrected chi connectivity index (χ0v) is 18.7. The molecule has 3 aromatic carbocycles. The van der Waals surface area contributed by atoms with Crippen LogP contribution in [0.15, 0.2) is 72.3 Å². The van der Waals surface area contributed by atoms with Crippen molar-refractivity contribution in [3.05, 3.63) is 94.0 Å². The number of ether oxygens (including phenoxy) is 2. The van der Waals surface area contributed by atoms with E-state index in [4.69, 9.17) is 26.2 Å². The lowest BCUT2D eigenvalue weighted by Crippen LogP contribution is -2.35. The fraction of sp³-hybridized carbons (Fsp3) is 0.0800. The van der Waals surface area contributed by atoms with E-state index in [2.05, 4.69) is 5.43 Å². The molecule has 9 heteroatoms. The number of rotatable bonds is 7. The number of nitrogens with one attached hydrogen (secondary N) is 1. The average molecular weight is 479 g/mol. The van der Waals surface area contributed by atoms with E-state index in [9.17, 15) is 14.4 Å². The number of carboxylic acids is 1. The minimum atomic E-state index is -1.04. The first-order chi connectivity index (χ1) is 16.4. The summed E-state index contributed by atoms with van der Waals surface area (Å²) in [5.74, 6) is -1.53. The van der Waals surface area contributed by atoms with Crippen LogP contribution in [0.25, 0.3) is 6.08 Å². The van der Waals surface area contributed by atoms with E-state index in [0.29, 0.717) is 22.6 Å². The van der Waals surface area contributed by atoms with Gasteiger partial charge in [-0.05, 0) is 53.6 Å². The van der Waals surface area contributed by atoms with Gasteiger partial charge in [-0.25, -0.2) is 9.80 Å². The maximum absolute atomic E-state index is 12.8. The number of hydrogen-bond donors (Lipinski definition) is 2. The van der Waals surface area contributed by atoms with Crippen molar-refractivity contribution in [3.8, 4) is 11.5 Å². The van der Waals surface area contributed by atoms with Crippen LogP contribution in [0.2, 0.25) is 5.02 Å². The lowest BCUT2D eigenvalue weighted by Gasteiger charge is -2.14. The van der Waals surface area contributed by atoms with E-state index in [-0.39, 0.29) is 28.5 Å². The highest BCUT2D eigenvalue weighted by Crippen LogP contribution is 2.38. The van der Waals surface area contributed by atoms with E-state index >= 15 is 0 Å². The first-order valence-corrected chi connectivity index (χ1v) is 10.5. The molecule has 2 amide bonds. The van der Waals surface area contributed by atoms with Crippen molar-refractivity contribution < 1.29 is 29.0 Å². The molecule has 1 saturated heterocycles. The van der Waals surface area contributed by atoms with Crippen molar-refractivity contribution in [2.24, 2.45) is 0 Å². The number of nitrogens with zero attached hydrogens (tertiary/aromatic N) is 1. The zero-order chi connectivity index (χ0) is 24.2. The summed E-state index contributed by atoms with van der Waals surface area (Å²) in [4.78, 5) is 36.4. The molecule has 0 aliphatic carbocycles. The molecule has 0 bridgehead atoms. The number of methoxy groups -OCH3 is 1. The first-order valence-electron chi connectivity index (χ1n) is 10.1. The number of para-hydroxylation sites is 1. The summed E-state index contributed by atoms with van der Waals surface area (Å²) in [5, 5.41) is 10.5. The summed E-state index contributed by atoms with van der Waals surface area (Å²) in [6.07, 6.45) is 1.43. The van der Waals surface area contributed by atoms with Gasteiger partial charge in [0.15, 0.2) is 11.5 Å². The number of aromatic carboxylic acids is 1. The van der Waals surface area contributed by atoms with E-state index in [1.54, 1.807) is 48.5 Å². The third-order valence-corrected chi connectivity index (χ3v) is 5.31. The Hall–Kier alpha value is -4.30. The van der Waals surface area contributed by atoms with Gasteiger partial charge in [-0.15, -0.1) is 0 Å². The molecule has 172 valence electrons. The lowest BCUT2D eigenvalue weighted by atomic mass is 10.1. The SMILES string of the molecule is COc1cc(/C=C2/C(=O)NN(c3ccccc3)C2=O)cc(Cl)c1OCc1cccc(C(=O)O)c1. The molecule has 1 aliphatic rings. The van der Waals surface area contributed by atoms with Gasteiger partial charge in [-0.1, -0.05) is 41.9 Å². The molecule has 4 rings (SSSR count). The highest BCUT2D eigenvalue weighted by atomic mass is 35.5. The van der Waals surface area contributed by atoms with Gasteiger partial charge in [-0.2, -0.15) is 0 Å². The molecular weight excluding hydrogens is 460 g/mol. The largest absolute Gasteiger partial charge is 0.493 e. The number of halogens is 1. The van der Waals surface area contributed by atoms with Crippen LogP contribution >= 0.6 is 11.6 Å². The summed E-state index contributed by atoms with van der Waals surface area (Å²) in [7, 11) is 1.44. The molecule has 0 saturated carbocycles. The van der Waals surface area contributed by atoms with Crippen LogP contribution in [0, 0.1) is 0 Å². The van der Waals surface area contributed by atoms with Gasteiger partial charge in [0, 0.05) is 0 Å². The van der Waals surface area contributed by atoms with Gasteiger partial charge in [0.1, 0.15) is 12.2 Å². The molecule has 0 aromatic heterocycles.